The van der Waals surface area contributed by atoms with Crippen molar-refractivity contribution in [3.8, 4) is 11.3 Å². The number of H-pyrrole nitrogens is 1. The van der Waals surface area contributed by atoms with Crippen LogP contribution in [0.3, 0.4) is 0 Å². The molecule has 0 fully saturated rings. The quantitative estimate of drug-likeness (QED) is 0.439. The smallest absolute Gasteiger partial charge is 0.337 e. The summed E-state index contributed by atoms with van der Waals surface area (Å²) in [4.78, 5) is 24.4. The van der Waals surface area contributed by atoms with Crippen LogP contribution in [0, 0.1) is 0 Å². The van der Waals surface area contributed by atoms with Crippen LogP contribution in [0.2, 0.25) is 0 Å². The van der Waals surface area contributed by atoms with Crippen molar-refractivity contribution >= 4 is 17.6 Å². The lowest BCUT2D eigenvalue weighted by atomic mass is 9.92. The lowest BCUT2D eigenvalue weighted by Crippen LogP contribution is -2.29. The van der Waals surface area contributed by atoms with Gasteiger partial charge >= 0.3 is 5.97 Å². The Morgan fingerprint density at radius 1 is 1.10 bits per heavy atom. The molecule has 1 aliphatic heterocycles. The van der Waals surface area contributed by atoms with Crippen molar-refractivity contribution in [1.82, 2.24) is 30.4 Å². The predicted octanol–water partition coefficient (Wildman–Crippen LogP) is 1.90. The maximum absolute atomic E-state index is 12.6. The monoisotopic (exact) mass is 401 g/mol. The third-order valence-electron chi connectivity index (χ3n) is 4.96. The molecule has 10 heteroatoms. The van der Waals surface area contributed by atoms with Gasteiger partial charge in [0.05, 0.1) is 18.4 Å². The van der Waals surface area contributed by atoms with Gasteiger partial charge in [0.15, 0.2) is 0 Å². The molecule has 4 aromatic rings. The lowest BCUT2D eigenvalue weighted by Gasteiger charge is -2.27. The molecule has 5 rings (SSSR count). The lowest BCUT2D eigenvalue weighted by molar-refractivity contribution is 0.0600. The second-order valence-electron chi connectivity index (χ2n) is 6.64. The number of methoxy groups -OCH3 is 1. The first-order valence-corrected chi connectivity index (χ1v) is 9.08. The number of tetrazole rings is 1. The summed E-state index contributed by atoms with van der Waals surface area (Å²) in [6.07, 6.45) is 0. The van der Waals surface area contributed by atoms with E-state index in [1.54, 1.807) is 28.9 Å². The number of carbonyl (C=O) groups is 1. The number of hydrogen-bond donors (Lipinski definition) is 2. The van der Waals surface area contributed by atoms with Crippen LogP contribution in [-0.2, 0) is 4.74 Å². The van der Waals surface area contributed by atoms with E-state index in [9.17, 15) is 9.59 Å². The molecule has 0 amide bonds. The fourth-order valence-corrected chi connectivity index (χ4v) is 3.58. The van der Waals surface area contributed by atoms with Gasteiger partial charge < -0.3 is 10.1 Å². The van der Waals surface area contributed by atoms with Crippen molar-refractivity contribution in [2.24, 2.45) is 0 Å². The fourth-order valence-electron chi connectivity index (χ4n) is 3.58. The second kappa shape index (κ2) is 6.92. The molecule has 0 bridgehead atoms. The summed E-state index contributed by atoms with van der Waals surface area (Å²) >= 11 is 0. The third-order valence-corrected chi connectivity index (χ3v) is 4.96. The van der Waals surface area contributed by atoms with Crippen LogP contribution < -0.4 is 10.9 Å². The first-order chi connectivity index (χ1) is 14.7. The van der Waals surface area contributed by atoms with E-state index in [1.807, 2.05) is 30.3 Å². The summed E-state index contributed by atoms with van der Waals surface area (Å²) < 4.78 is 6.36. The molecular formula is C20H15N7O3. The van der Waals surface area contributed by atoms with Crippen molar-refractivity contribution in [2.75, 3.05) is 12.4 Å². The molecule has 2 aromatic carbocycles. The average molecular weight is 401 g/mol. The van der Waals surface area contributed by atoms with Crippen molar-refractivity contribution < 1.29 is 9.53 Å². The van der Waals surface area contributed by atoms with Crippen molar-refractivity contribution in [3.05, 3.63) is 81.6 Å². The van der Waals surface area contributed by atoms with Gasteiger partial charge in [0.1, 0.15) is 11.7 Å². The van der Waals surface area contributed by atoms with Crippen molar-refractivity contribution in [2.45, 2.75) is 6.04 Å². The highest BCUT2D eigenvalue weighted by molar-refractivity contribution is 5.89. The van der Waals surface area contributed by atoms with Crippen LogP contribution in [0.4, 0.5) is 11.6 Å². The molecule has 3 heterocycles. The number of ether oxygens (including phenoxy) is 1. The summed E-state index contributed by atoms with van der Waals surface area (Å²) in [5.74, 6) is -0.0984. The van der Waals surface area contributed by atoms with E-state index in [-0.39, 0.29) is 5.56 Å². The van der Waals surface area contributed by atoms with E-state index in [0.29, 0.717) is 28.5 Å². The molecule has 30 heavy (non-hydrogen) atoms. The Kier molecular flexibility index (Phi) is 4.09. The number of carbonyl (C=O) groups excluding carboxylic acids is 1. The number of rotatable bonds is 3. The molecule has 1 unspecified atom stereocenters. The van der Waals surface area contributed by atoms with Gasteiger partial charge in [0, 0.05) is 11.1 Å². The number of esters is 1. The van der Waals surface area contributed by atoms with E-state index in [1.165, 1.54) is 7.11 Å². The summed E-state index contributed by atoms with van der Waals surface area (Å²) in [5, 5.41) is 21.7. The maximum Gasteiger partial charge on any atom is 0.337 e. The Labute approximate surface area is 169 Å². The first kappa shape index (κ1) is 17.7. The second-order valence-corrected chi connectivity index (χ2v) is 6.64. The van der Waals surface area contributed by atoms with Crippen molar-refractivity contribution in [3.63, 3.8) is 0 Å². The molecule has 0 spiro atoms. The van der Waals surface area contributed by atoms with E-state index in [0.717, 1.165) is 11.1 Å². The number of fused-ring (bicyclic) bond motifs is 2. The normalized spacial score (nSPS) is 14.4. The molecule has 1 atom stereocenters. The number of hydrogen-bond acceptors (Lipinski definition) is 8. The van der Waals surface area contributed by atoms with Gasteiger partial charge in [-0.3, -0.25) is 4.79 Å². The summed E-state index contributed by atoms with van der Waals surface area (Å²) in [6, 6.07) is 15.9. The average Bonchev–Trinajstić information content (AvgIpc) is 3.27. The number of benzene rings is 2. The largest absolute Gasteiger partial charge is 0.465 e. The zero-order chi connectivity index (χ0) is 20.7. The van der Waals surface area contributed by atoms with Gasteiger partial charge in [-0.2, -0.15) is 9.78 Å². The van der Waals surface area contributed by atoms with Gasteiger partial charge in [-0.05, 0) is 28.1 Å². The highest BCUT2D eigenvalue weighted by Gasteiger charge is 2.34. The van der Waals surface area contributed by atoms with Crippen LogP contribution in [-0.4, -0.2) is 43.5 Å². The topological polar surface area (TPSA) is 128 Å². The molecule has 0 aliphatic carbocycles. The van der Waals surface area contributed by atoms with Crippen LogP contribution in [0.15, 0.2) is 59.4 Å². The Bertz CT molecular complexity index is 1300. The summed E-state index contributed by atoms with van der Waals surface area (Å²) in [6.45, 7) is 0. The highest BCUT2D eigenvalue weighted by atomic mass is 16.5. The minimum absolute atomic E-state index is 0.327. The van der Waals surface area contributed by atoms with Gasteiger partial charge in [-0.15, -0.1) is 0 Å². The van der Waals surface area contributed by atoms with Crippen molar-refractivity contribution in [1.29, 1.82) is 0 Å². The van der Waals surface area contributed by atoms with Gasteiger partial charge in [-0.1, -0.05) is 47.6 Å². The number of aromatic amines is 1. The van der Waals surface area contributed by atoms with E-state index in [2.05, 4.69) is 31.0 Å². The molecule has 0 saturated carbocycles. The number of nitrogens with zero attached hydrogens (tertiary/aromatic N) is 5. The Hall–Kier alpha value is -4.34. The predicted molar refractivity (Wildman–Crippen MR) is 106 cm³/mol. The summed E-state index contributed by atoms with van der Waals surface area (Å²) in [5.41, 5.74) is 3.21. The molecule has 0 saturated heterocycles. The molecule has 148 valence electrons. The number of aromatic nitrogens is 6. The van der Waals surface area contributed by atoms with Crippen LogP contribution >= 0.6 is 0 Å². The molecule has 10 nitrogen and oxygen atoms in total. The molecule has 0 radical (unpaired) electrons. The Morgan fingerprint density at radius 2 is 1.87 bits per heavy atom. The van der Waals surface area contributed by atoms with Crippen LogP contribution in [0.5, 0.6) is 0 Å². The Balaban J connectivity index is 1.75. The highest BCUT2D eigenvalue weighted by Crippen LogP contribution is 2.40. The first-order valence-electron chi connectivity index (χ1n) is 9.08. The molecular weight excluding hydrogens is 386 g/mol. The fraction of sp³-hybridized carbons (Fsp3) is 0.100. The third kappa shape index (κ3) is 2.73. The van der Waals surface area contributed by atoms with Gasteiger partial charge in [0.25, 0.3) is 5.56 Å². The minimum Gasteiger partial charge on any atom is -0.465 e. The zero-order valence-electron chi connectivity index (χ0n) is 15.7. The molecule has 2 N–H and O–H groups in total. The van der Waals surface area contributed by atoms with Crippen LogP contribution in [0.1, 0.15) is 27.5 Å². The van der Waals surface area contributed by atoms with Gasteiger partial charge in [0.2, 0.25) is 5.95 Å². The molecule has 1 aliphatic rings. The van der Waals surface area contributed by atoms with E-state index in [4.69, 9.17) is 4.74 Å². The molecule has 2 aromatic heterocycles. The standard InChI is InChI=1S/C20H15N7O3/c1-30-19(29)13-9-7-12(8-10-13)17-14-15(11-5-3-2-4-6-11)22-23-18(28)16(14)21-20-24-25-26-27(17)20/h2-10,17H,1H3,(H,23,28)(H,21,24,26). The van der Waals surface area contributed by atoms with Crippen LogP contribution in [0.25, 0.3) is 11.3 Å². The van der Waals surface area contributed by atoms with E-state index < -0.39 is 12.0 Å². The minimum atomic E-state index is -0.525. The SMILES string of the molecule is COC(=O)c1ccc(C2c3c(-c4ccccc4)n[nH]c(=O)c3Nc3nnnn32)cc1. The number of nitrogens with one attached hydrogen (secondary N) is 2. The Morgan fingerprint density at radius 3 is 2.60 bits per heavy atom. The van der Waals surface area contributed by atoms with E-state index >= 15 is 0 Å². The maximum atomic E-state index is 12.6. The number of anilines is 2. The summed E-state index contributed by atoms with van der Waals surface area (Å²) in [7, 11) is 1.33. The zero-order valence-corrected chi connectivity index (χ0v) is 15.7. The van der Waals surface area contributed by atoms with Gasteiger partial charge in [-0.25, -0.2) is 9.89 Å².